The van der Waals surface area contributed by atoms with Crippen molar-refractivity contribution in [2.75, 3.05) is 19.7 Å². The molecule has 0 aliphatic carbocycles. The lowest BCUT2D eigenvalue weighted by Crippen LogP contribution is -2.54. The summed E-state index contributed by atoms with van der Waals surface area (Å²) in [5.41, 5.74) is -0.274. The van der Waals surface area contributed by atoms with Gasteiger partial charge in [0.25, 0.3) is 0 Å². The highest BCUT2D eigenvalue weighted by Gasteiger charge is 2.33. The first kappa shape index (κ1) is 25.5. The number of hydrogen-bond acceptors (Lipinski definition) is 5. The number of hydrogen-bond donors (Lipinski definition) is 2. The molecule has 0 bridgehead atoms. The maximum Gasteiger partial charge on any atom is 0.408 e. The van der Waals surface area contributed by atoms with Crippen molar-refractivity contribution in [2.45, 2.75) is 65.2 Å². The summed E-state index contributed by atoms with van der Waals surface area (Å²) < 4.78 is 24.9. The van der Waals surface area contributed by atoms with E-state index in [0.29, 0.717) is 37.2 Å². The fourth-order valence-corrected chi connectivity index (χ4v) is 3.36. The molecule has 1 heterocycles. The third-order valence-corrected chi connectivity index (χ3v) is 4.90. The quantitative estimate of drug-likeness (QED) is 0.676. The minimum Gasteiger partial charge on any atom is -0.489 e. The predicted octanol–water partition coefficient (Wildman–Crippen LogP) is 3.09. The monoisotopic (exact) mass is 448 g/mol. The van der Waals surface area contributed by atoms with E-state index in [4.69, 9.17) is 14.6 Å². The molecular weight excluding hydrogens is 415 g/mol. The number of aliphatic hydroxyl groups excluding tert-OH is 1. The van der Waals surface area contributed by atoms with Gasteiger partial charge in [0.2, 0.25) is 5.91 Å². The molecule has 0 radical (unpaired) electrons. The average molecular weight is 449 g/mol. The van der Waals surface area contributed by atoms with E-state index in [2.05, 4.69) is 17.2 Å². The van der Waals surface area contributed by atoms with Crippen molar-refractivity contribution in [3.8, 4) is 17.6 Å². The number of amides is 2. The minimum atomic E-state index is -0.681. The molecule has 8 heteroatoms. The minimum absolute atomic E-state index is 0.101. The van der Waals surface area contributed by atoms with Crippen LogP contribution in [0.15, 0.2) is 18.2 Å². The fourth-order valence-electron chi connectivity index (χ4n) is 3.36. The van der Waals surface area contributed by atoms with E-state index in [1.165, 1.54) is 18.2 Å². The number of halogens is 1. The molecule has 2 rings (SSSR count). The number of piperidine rings is 1. The number of carbonyl (C=O) groups excluding carboxylic acids is 2. The van der Waals surface area contributed by atoms with Crippen molar-refractivity contribution in [2.24, 2.45) is 5.92 Å². The molecule has 176 valence electrons. The topological polar surface area (TPSA) is 88.1 Å². The number of carbonyl (C=O) groups is 2. The van der Waals surface area contributed by atoms with Crippen molar-refractivity contribution in [1.82, 2.24) is 10.2 Å². The van der Waals surface area contributed by atoms with Gasteiger partial charge in [-0.1, -0.05) is 25.7 Å². The Morgan fingerprint density at radius 1 is 1.28 bits per heavy atom. The Labute approximate surface area is 189 Å². The van der Waals surface area contributed by atoms with E-state index in [1.54, 1.807) is 25.7 Å². The van der Waals surface area contributed by atoms with Gasteiger partial charge in [-0.2, -0.15) is 0 Å². The summed E-state index contributed by atoms with van der Waals surface area (Å²) in [4.78, 5) is 26.9. The maximum atomic E-state index is 13.5. The molecule has 0 aromatic heterocycles. The van der Waals surface area contributed by atoms with Crippen LogP contribution >= 0.6 is 0 Å². The van der Waals surface area contributed by atoms with Gasteiger partial charge < -0.3 is 24.8 Å². The summed E-state index contributed by atoms with van der Waals surface area (Å²) in [6, 6.07) is 3.41. The number of likely N-dealkylation sites (tertiary alicyclic amines) is 1. The highest BCUT2D eigenvalue weighted by atomic mass is 19.1. The smallest absolute Gasteiger partial charge is 0.408 e. The molecule has 1 aromatic rings. The molecule has 1 fully saturated rings. The molecule has 1 aliphatic heterocycles. The zero-order valence-corrected chi connectivity index (χ0v) is 19.4. The van der Waals surface area contributed by atoms with Crippen LogP contribution in [0.5, 0.6) is 5.75 Å². The van der Waals surface area contributed by atoms with Crippen LogP contribution in [0.25, 0.3) is 0 Å². The number of rotatable bonds is 5. The van der Waals surface area contributed by atoms with Crippen LogP contribution in [-0.2, 0) is 9.53 Å². The summed E-state index contributed by atoms with van der Waals surface area (Å²) in [5.74, 6) is 4.97. The van der Waals surface area contributed by atoms with Crippen LogP contribution in [0, 0.1) is 23.6 Å². The highest BCUT2D eigenvalue weighted by Crippen LogP contribution is 2.24. The Morgan fingerprint density at radius 3 is 2.50 bits per heavy atom. The average Bonchev–Trinajstić information content (AvgIpc) is 2.70. The van der Waals surface area contributed by atoms with Crippen LogP contribution in [0.3, 0.4) is 0 Å². The van der Waals surface area contributed by atoms with Crippen LogP contribution in [0.1, 0.15) is 53.0 Å². The lowest BCUT2D eigenvalue weighted by molar-refractivity contribution is -0.136. The molecule has 2 N–H and O–H groups in total. The molecule has 1 saturated heterocycles. The first-order valence-corrected chi connectivity index (χ1v) is 10.8. The SMILES string of the molecule is CC(C)[C@H](NC(=O)OC(C)(C)C)C(=O)N1CCC(Oc2ccc(F)cc2C#CCO)CC1. The molecule has 32 heavy (non-hydrogen) atoms. The number of ether oxygens (including phenoxy) is 2. The molecule has 1 aliphatic rings. The fraction of sp³-hybridized carbons (Fsp3) is 0.583. The van der Waals surface area contributed by atoms with E-state index in [0.717, 1.165) is 0 Å². The number of aliphatic hydroxyl groups is 1. The second-order valence-electron chi connectivity index (χ2n) is 9.11. The second kappa shape index (κ2) is 11.2. The number of alkyl carbamates (subject to hydrolysis) is 1. The largest absolute Gasteiger partial charge is 0.489 e. The normalized spacial score (nSPS) is 15.6. The lowest BCUT2D eigenvalue weighted by atomic mass is 10.0. The predicted molar refractivity (Wildman–Crippen MR) is 119 cm³/mol. The van der Waals surface area contributed by atoms with Gasteiger partial charge in [-0.25, -0.2) is 9.18 Å². The Morgan fingerprint density at radius 2 is 1.94 bits per heavy atom. The number of nitrogens with zero attached hydrogens (tertiary/aromatic N) is 1. The number of nitrogens with one attached hydrogen (secondary N) is 1. The van der Waals surface area contributed by atoms with E-state index >= 15 is 0 Å². The van der Waals surface area contributed by atoms with Gasteiger partial charge in [0.1, 0.15) is 35.9 Å². The van der Waals surface area contributed by atoms with Gasteiger partial charge in [-0.3, -0.25) is 4.79 Å². The summed E-state index contributed by atoms with van der Waals surface area (Å²) in [6.07, 6.45) is 0.409. The Balaban J connectivity index is 1.98. The lowest BCUT2D eigenvalue weighted by Gasteiger charge is -2.35. The standard InChI is InChI=1S/C24H33FN2O5/c1-16(2)21(26-23(30)32-24(3,4)5)22(29)27-12-10-19(11-13-27)31-20-9-8-18(25)15-17(20)7-6-14-28/h8-9,15-16,19,21,28H,10-14H2,1-5H3,(H,26,30)/t21-/m0/s1. The van der Waals surface area contributed by atoms with Gasteiger partial charge in [-0.15, -0.1) is 0 Å². The van der Waals surface area contributed by atoms with Crippen molar-refractivity contribution in [3.05, 3.63) is 29.6 Å². The molecule has 0 saturated carbocycles. The third-order valence-electron chi connectivity index (χ3n) is 4.90. The van der Waals surface area contributed by atoms with Crippen molar-refractivity contribution < 1.29 is 28.6 Å². The molecule has 7 nitrogen and oxygen atoms in total. The Bertz CT molecular complexity index is 861. The van der Waals surface area contributed by atoms with Crippen molar-refractivity contribution >= 4 is 12.0 Å². The highest BCUT2D eigenvalue weighted by molar-refractivity contribution is 5.86. The van der Waals surface area contributed by atoms with Crippen molar-refractivity contribution in [1.29, 1.82) is 0 Å². The molecule has 2 amide bonds. The molecule has 1 aromatic carbocycles. The van der Waals surface area contributed by atoms with Crippen LogP contribution in [0.2, 0.25) is 0 Å². The molecular formula is C24H33FN2O5. The third kappa shape index (κ3) is 7.72. The van der Waals surface area contributed by atoms with Gasteiger partial charge in [0, 0.05) is 25.9 Å². The van der Waals surface area contributed by atoms with E-state index in [1.807, 2.05) is 13.8 Å². The second-order valence-corrected chi connectivity index (χ2v) is 9.11. The summed E-state index contributed by atoms with van der Waals surface area (Å²) >= 11 is 0. The molecule has 1 atom stereocenters. The zero-order valence-electron chi connectivity index (χ0n) is 19.4. The first-order valence-electron chi connectivity index (χ1n) is 10.8. The summed E-state index contributed by atoms with van der Waals surface area (Å²) in [5, 5.41) is 11.6. The van der Waals surface area contributed by atoms with Gasteiger partial charge >= 0.3 is 6.09 Å². The van der Waals surface area contributed by atoms with E-state index < -0.39 is 23.6 Å². The Hall–Kier alpha value is -2.79. The van der Waals surface area contributed by atoms with E-state index in [-0.39, 0.29) is 24.5 Å². The number of benzene rings is 1. The maximum absolute atomic E-state index is 13.5. The van der Waals surface area contributed by atoms with E-state index in [9.17, 15) is 14.0 Å². The Kier molecular flexibility index (Phi) is 8.90. The van der Waals surface area contributed by atoms with Crippen LogP contribution < -0.4 is 10.1 Å². The van der Waals surface area contributed by atoms with Gasteiger partial charge in [0.05, 0.1) is 5.56 Å². The van der Waals surface area contributed by atoms with Gasteiger partial charge in [0.15, 0.2) is 0 Å². The molecule has 0 unspecified atom stereocenters. The first-order chi connectivity index (χ1) is 15.0. The van der Waals surface area contributed by atoms with Crippen LogP contribution in [-0.4, -0.2) is 59.5 Å². The summed E-state index contributed by atoms with van der Waals surface area (Å²) in [7, 11) is 0. The van der Waals surface area contributed by atoms with Crippen LogP contribution in [0.4, 0.5) is 9.18 Å². The van der Waals surface area contributed by atoms with Crippen molar-refractivity contribution in [3.63, 3.8) is 0 Å². The van der Waals surface area contributed by atoms with Gasteiger partial charge in [-0.05, 0) is 44.9 Å². The molecule has 0 spiro atoms. The zero-order chi connectivity index (χ0) is 23.9. The summed E-state index contributed by atoms with van der Waals surface area (Å²) in [6.45, 7) is 9.68.